The van der Waals surface area contributed by atoms with Gasteiger partial charge >= 0.3 is 13.8 Å². The number of unbranched alkanes of at least 4 members (excludes halogenated alkanes) is 4. The number of benzene rings is 2. The number of esters is 1. The summed E-state index contributed by atoms with van der Waals surface area (Å²) in [4.78, 5) is 56.9. The smallest absolute Gasteiger partial charge is 0.460 e. The third-order valence-corrected chi connectivity index (χ3v) is 10.7. The number of nitrogens with one attached hydrogen (secondary N) is 2. The highest BCUT2D eigenvalue weighted by Gasteiger charge is 2.39. The van der Waals surface area contributed by atoms with E-state index in [2.05, 4.69) is 24.5 Å². The van der Waals surface area contributed by atoms with Gasteiger partial charge in [0.15, 0.2) is 0 Å². The lowest BCUT2D eigenvalue weighted by atomic mass is 10.0. The molecular weight excluding hydrogens is 771 g/mol. The summed E-state index contributed by atoms with van der Waals surface area (Å²) in [5.41, 5.74) is 5.67. The zero-order chi connectivity index (χ0) is 44.4. The highest BCUT2D eigenvalue weighted by Crippen LogP contribution is 2.55. The van der Waals surface area contributed by atoms with E-state index in [0.717, 1.165) is 49.7 Å². The molecule has 2 atom stereocenters. The second kappa shape index (κ2) is 23.9. The molecule has 0 aliphatic heterocycles. The first kappa shape index (κ1) is 51.4. The van der Waals surface area contributed by atoms with Crippen molar-refractivity contribution >= 4 is 31.5 Å². The fourth-order valence-corrected chi connectivity index (χ4v) is 7.89. The molecule has 4 N–H and O–H groups in total. The SMILES string of the molecule is CCCCCN(CCCCC)C(=O)[C@H](CCC(=O)OC(C)(C)C)NC(=O)[C@H](Cc1ccc(OP(=O)(OC(C)(C)C)OC(C)(C)C)cc1)NC(=O)Cc1ccc(CN)cc1. The molecule has 0 unspecified atom stereocenters. The van der Waals surface area contributed by atoms with Crippen LogP contribution < -0.4 is 20.9 Å². The van der Waals surface area contributed by atoms with Gasteiger partial charge in [0.25, 0.3) is 0 Å². The van der Waals surface area contributed by atoms with Gasteiger partial charge in [0.2, 0.25) is 17.7 Å². The Morgan fingerprint density at radius 3 is 1.68 bits per heavy atom. The van der Waals surface area contributed by atoms with Crippen LogP contribution in [0.4, 0.5) is 0 Å². The van der Waals surface area contributed by atoms with E-state index in [4.69, 9.17) is 24.0 Å². The number of carbonyl (C=O) groups excluding carboxylic acids is 4. The molecule has 332 valence electrons. The molecule has 2 aromatic rings. The van der Waals surface area contributed by atoms with Crippen LogP contribution in [0.25, 0.3) is 0 Å². The Kier molecular flexibility index (Phi) is 20.8. The first-order chi connectivity index (χ1) is 27.4. The van der Waals surface area contributed by atoms with Crippen molar-refractivity contribution in [2.75, 3.05) is 13.1 Å². The number of nitrogens with zero attached hydrogens (tertiary/aromatic N) is 1. The second-order valence-corrected chi connectivity index (χ2v) is 19.5. The maximum Gasteiger partial charge on any atom is 0.531 e. The van der Waals surface area contributed by atoms with Crippen LogP contribution >= 0.6 is 7.82 Å². The van der Waals surface area contributed by atoms with Gasteiger partial charge in [-0.15, -0.1) is 0 Å². The molecule has 0 aliphatic carbocycles. The molecule has 14 heteroatoms. The normalized spacial score (nSPS) is 13.3. The van der Waals surface area contributed by atoms with E-state index in [0.29, 0.717) is 25.2 Å². The van der Waals surface area contributed by atoms with Crippen molar-refractivity contribution in [2.24, 2.45) is 5.73 Å². The maximum absolute atomic E-state index is 14.3. The van der Waals surface area contributed by atoms with E-state index in [1.54, 1.807) is 91.5 Å². The van der Waals surface area contributed by atoms with Crippen molar-refractivity contribution in [3.05, 3.63) is 65.2 Å². The minimum atomic E-state index is -4.08. The van der Waals surface area contributed by atoms with Crippen LogP contribution in [0.1, 0.15) is 144 Å². The van der Waals surface area contributed by atoms with Gasteiger partial charge in [-0.25, -0.2) is 4.57 Å². The van der Waals surface area contributed by atoms with Crippen molar-refractivity contribution in [3.63, 3.8) is 0 Å². The molecule has 0 bridgehead atoms. The van der Waals surface area contributed by atoms with Crippen molar-refractivity contribution in [1.29, 1.82) is 0 Å². The molecule has 0 aromatic heterocycles. The van der Waals surface area contributed by atoms with Crippen LogP contribution in [0.2, 0.25) is 0 Å². The molecular formula is C45H73N4O9P. The summed E-state index contributed by atoms with van der Waals surface area (Å²) >= 11 is 0. The standard InChI is InChI=1S/C45H73N4O9P/c1-12-14-16-28-49(29-17-15-13-2)42(53)37(26-27-40(51)55-43(3,4)5)48-41(52)38(47-39(50)31-34-18-20-35(32-46)21-19-34)30-33-22-24-36(25-23-33)56-59(54,57-44(6,7)8)58-45(9,10)11/h18-25,37-38H,12-17,26-32,46H2,1-11H3,(H,47,50)(H,48,52)/t37-,38-/m0/s1. The van der Waals surface area contributed by atoms with Gasteiger partial charge in [-0.1, -0.05) is 75.9 Å². The number of carbonyl (C=O) groups is 4. The van der Waals surface area contributed by atoms with Gasteiger partial charge in [-0.3, -0.25) is 28.2 Å². The lowest BCUT2D eigenvalue weighted by Crippen LogP contribution is -2.55. The number of amides is 3. The first-order valence-corrected chi connectivity index (χ1v) is 22.6. The van der Waals surface area contributed by atoms with Gasteiger partial charge < -0.3 is 30.5 Å². The minimum absolute atomic E-state index is 0.00187. The molecule has 2 rings (SSSR count). The second-order valence-electron chi connectivity index (χ2n) is 18.0. The number of hydrogen-bond donors (Lipinski definition) is 3. The largest absolute Gasteiger partial charge is 0.531 e. The lowest BCUT2D eigenvalue weighted by molar-refractivity contribution is -0.155. The monoisotopic (exact) mass is 845 g/mol. The van der Waals surface area contributed by atoms with Gasteiger partial charge in [0.05, 0.1) is 17.6 Å². The Balaban J connectivity index is 2.48. The van der Waals surface area contributed by atoms with Crippen molar-refractivity contribution in [3.8, 4) is 5.75 Å². The van der Waals surface area contributed by atoms with Crippen LogP contribution in [0.15, 0.2) is 48.5 Å². The molecule has 0 radical (unpaired) electrons. The highest BCUT2D eigenvalue weighted by atomic mass is 31.2. The number of nitrogens with two attached hydrogens (primary N) is 1. The summed E-state index contributed by atoms with van der Waals surface area (Å²) < 4.78 is 36.7. The van der Waals surface area contributed by atoms with Crippen LogP contribution in [-0.4, -0.2) is 70.6 Å². The summed E-state index contributed by atoms with van der Waals surface area (Å²) in [7, 11) is -4.08. The molecule has 0 fully saturated rings. The average Bonchev–Trinajstić information content (AvgIpc) is 3.10. The van der Waals surface area contributed by atoms with Crippen molar-refractivity contribution < 1.29 is 42.1 Å². The predicted molar refractivity (Wildman–Crippen MR) is 233 cm³/mol. The Morgan fingerprint density at radius 1 is 0.695 bits per heavy atom. The predicted octanol–water partition coefficient (Wildman–Crippen LogP) is 8.35. The molecule has 0 heterocycles. The fraction of sp³-hybridized carbons (Fsp3) is 0.644. The molecule has 0 saturated heterocycles. The van der Waals surface area contributed by atoms with E-state index in [-0.39, 0.29) is 37.3 Å². The third kappa shape index (κ3) is 21.4. The number of rotatable bonds is 24. The summed E-state index contributed by atoms with van der Waals surface area (Å²) in [6, 6.07) is 11.8. The maximum atomic E-state index is 14.3. The summed E-state index contributed by atoms with van der Waals surface area (Å²) in [5.74, 6) is -1.52. The van der Waals surface area contributed by atoms with Crippen LogP contribution in [-0.2, 0) is 56.9 Å². The van der Waals surface area contributed by atoms with E-state index in [1.807, 2.05) is 24.3 Å². The number of hydrogen-bond acceptors (Lipinski definition) is 10. The third-order valence-electron chi connectivity index (χ3n) is 8.67. The van der Waals surface area contributed by atoms with E-state index >= 15 is 0 Å². The van der Waals surface area contributed by atoms with Gasteiger partial charge in [0.1, 0.15) is 23.4 Å². The first-order valence-electron chi connectivity index (χ1n) is 21.1. The van der Waals surface area contributed by atoms with Crippen molar-refractivity contribution in [2.45, 2.75) is 176 Å². The van der Waals surface area contributed by atoms with Gasteiger partial charge in [-0.05, 0) is 110 Å². The molecule has 0 saturated carbocycles. The Labute approximate surface area is 353 Å². The topological polar surface area (TPSA) is 176 Å². The Bertz CT molecular complexity index is 1630. The van der Waals surface area contributed by atoms with E-state index in [1.165, 1.54) is 0 Å². The summed E-state index contributed by atoms with van der Waals surface area (Å²) in [5, 5.41) is 5.82. The summed E-state index contributed by atoms with van der Waals surface area (Å²) in [6.45, 7) is 21.4. The van der Waals surface area contributed by atoms with Crippen LogP contribution in [0.5, 0.6) is 5.75 Å². The van der Waals surface area contributed by atoms with Crippen LogP contribution in [0, 0.1) is 0 Å². The van der Waals surface area contributed by atoms with Gasteiger partial charge in [-0.2, -0.15) is 0 Å². The minimum Gasteiger partial charge on any atom is -0.460 e. The number of phosphoric acid groups is 1. The zero-order valence-corrected chi connectivity index (χ0v) is 38.5. The van der Waals surface area contributed by atoms with E-state index in [9.17, 15) is 23.7 Å². The molecule has 3 amide bonds. The average molecular weight is 845 g/mol. The molecule has 0 aliphatic rings. The molecule has 59 heavy (non-hydrogen) atoms. The molecule has 0 spiro atoms. The number of ether oxygens (including phenoxy) is 1. The Hall–Kier alpha value is -3.77. The molecule has 13 nitrogen and oxygen atoms in total. The fourth-order valence-electron chi connectivity index (χ4n) is 6.05. The zero-order valence-electron chi connectivity index (χ0n) is 37.6. The Morgan fingerprint density at radius 2 is 1.20 bits per heavy atom. The van der Waals surface area contributed by atoms with Crippen molar-refractivity contribution in [1.82, 2.24) is 15.5 Å². The highest BCUT2D eigenvalue weighted by molar-refractivity contribution is 7.49. The summed E-state index contributed by atoms with van der Waals surface area (Å²) in [6.07, 6.45) is 5.46. The lowest BCUT2D eigenvalue weighted by Gasteiger charge is -2.31. The van der Waals surface area contributed by atoms with Gasteiger partial charge in [0, 0.05) is 32.5 Å². The number of phosphoric ester groups is 1. The van der Waals surface area contributed by atoms with Crippen LogP contribution in [0.3, 0.4) is 0 Å². The molecule has 2 aromatic carbocycles. The quantitative estimate of drug-likeness (QED) is 0.0529. The van der Waals surface area contributed by atoms with E-state index < -0.39 is 54.5 Å².